The molecule has 1 aromatic carbocycles. The maximum Gasteiger partial charge on any atom is 0.147 e. The molecule has 0 saturated heterocycles. The van der Waals surface area contributed by atoms with Gasteiger partial charge in [0.25, 0.3) is 0 Å². The molecular weight excluding hydrogens is 341 g/mol. The molecule has 2 rings (SSSR count). The maximum absolute atomic E-state index is 14.5. The number of rotatable bonds is 5. The zero-order valence-corrected chi connectivity index (χ0v) is 14.2. The first-order valence-corrected chi connectivity index (χ1v) is 8.69. The quantitative estimate of drug-likeness (QED) is 0.647. The average molecular weight is 363 g/mol. The van der Waals surface area contributed by atoms with Gasteiger partial charge in [-0.2, -0.15) is 0 Å². The van der Waals surface area contributed by atoms with E-state index in [9.17, 15) is 4.39 Å². The van der Waals surface area contributed by atoms with E-state index in [2.05, 4.69) is 28.2 Å². The van der Waals surface area contributed by atoms with Gasteiger partial charge in [0, 0.05) is 16.1 Å². The van der Waals surface area contributed by atoms with Crippen LogP contribution in [0.2, 0.25) is 5.02 Å². The largest absolute Gasteiger partial charge is 0.310 e. The third-order valence-corrected chi connectivity index (χ3v) is 5.39. The summed E-state index contributed by atoms with van der Waals surface area (Å²) in [7, 11) is 0. The molecule has 1 fully saturated rings. The van der Waals surface area contributed by atoms with Crippen LogP contribution in [0.4, 0.5) is 4.39 Å². The van der Waals surface area contributed by atoms with Gasteiger partial charge in [0.05, 0.1) is 5.02 Å². The van der Waals surface area contributed by atoms with Gasteiger partial charge < -0.3 is 5.32 Å². The van der Waals surface area contributed by atoms with Gasteiger partial charge in [-0.25, -0.2) is 4.39 Å². The van der Waals surface area contributed by atoms with Crippen LogP contribution >= 0.6 is 27.5 Å². The Kier molecular flexibility index (Phi) is 6.31. The normalized spacial score (nSPS) is 18.2. The Hall–Kier alpha value is -0.120. The molecule has 1 atom stereocenters. The van der Waals surface area contributed by atoms with Crippen LogP contribution in [-0.2, 0) is 0 Å². The fraction of sp³-hybridized carbons (Fsp3) is 0.625. The zero-order chi connectivity index (χ0) is 14.5. The van der Waals surface area contributed by atoms with Crippen LogP contribution in [0, 0.1) is 11.7 Å². The fourth-order valence-corrected chi connectivity index (χ4v) is 3.56. The van der Waals surface area contributed by atoms with Crippen molar-refractivity contribution in [2.75, 3.05) is 6.54 Å². The fourth-order valence-electron chi connectivity index (χ4n) is 3.08. The van der Waals surface area contributed by atoms with Crippen LogP contribution in [0.1, 0.15) is 57.1 Å². The molecule has 1 aliphatic rings. The molecule has 0 radical (unpaired) electrons. The van der Waals surface area contributed by atoms with Gasteiger partial charge in [0.15, 0.2) is 0 Å². The molecule has 0 aromatic heterocycles. The van der Waals surface area contributed by atoms with Crippen molar-refractivity contribution < 1.29 is 4.39 Å². The summed E-state index contributed by atoms with van der Waals surface area (Å²) in [5.74, 6) is 0.238. The van der Waals surface area contributed by atoms with Crippen molar-refractivity contribution >= 4 is 27.5 Å². The summed E-state index contributed by atoms with van der Waals surface area (Å²) in [6.07, 6.45) is 7.21. The van der Waals surface area contributed by atoms with Crippen molar-refractivity contribution in [3.8, 4) is 0 Å². The highest BCUT2D eigenvalue weighted by molar-refractivity contribution is 9.10. The standard InChI is InChI=1S/C16H22BrClFN/c1-2-10-20-16(11-6-4-3-5-7-11)12-8-9-13(17)14(18)15(12)19/h8-9,11,16,20H,2-7,10H2,1H3. The second-order valence-electron chi connectivity index (χ2n) is 5.59. The highest BCUT2D eigenvalue weighted by Crippen LogP contribution is 2.38. The molecule has 4 heteroatoms. The van der Waals surface area contributed by atoms with Crippen LogP contribution in [0.5, 0.6) is 0 Å². The lowest BCUT2D eigenvalue weighted by Crippen LogP contribution is -2.31. The smallest absolute Gasteiger partial charge is 0.147 e. The van der Waals surface area contributed by atoms with Crippen LogP contribution < -0.4 is 5.32 Å². The number of hydrogen-bond acceptors (Lipinski definition) is 1. The topological polar surface area (TPSA) is 12.0 Å². The third kappa shape index (κ3) is 3.75. The van der Waals surface area contributed by atoms with E-state index in [1.165, 1.54) is 32.1 Å². The van der Waals surface area contributed by atoms with Crippen molar-refractivity contribution in [2.24, 2.45) is 5.92 Å². The Morgan fingerprint density at radius 3 is 2.70 bits per heavy atom. The minimum atomic E-state index is -0.278. The Morgan fingerprint density at radius 2 is 2.05 bits per heavy atom. The number of nitrogens with one attached hydrogen (secondary N) is 1. The molecule has 1 N–H and O–H groups in total. The molecular formula is C16H22BrClFN. The predicted octanol–water partition coefficient (Wildman–Crippen LogP) is 5.86. The summed E-state index contributed by atoms with van der Waals surface area (Å²) in [4.78, 5) is 0. The van der Waals surface area contributed by atoms with Crippen molar-refractivity contribution in [1.29, 1.82) is 0 Å². The van der Waals surface area contributed by atoms with Crippen molar-refractivity contribution in [1.82, 2.24) is 5.32 Å². The van der Waals surface area contributed by atoms with Gasteiger partial charge in [-0.15, -0.1) is 0 Å². The average Bonchev–Trinajstić information content (AvgIpc) is 2.48. The second-order valence-corrected chi connectivity index (χ2v) is 6.83. The molecule has 0 spiro atoms. The van der Waals surface area contributed by atoms with Gasteiger partial charge in [0.2, 0.25) is 0 Å². The summed E-state index contributed by atoms with van der Waals surface area (Å²) in [5.41, 5.74) is 0.721. The molecule has 1 aromatic rings. The number of hydrogen-bond donors (Lipinski definition) is 1. The second kappa shape index (κ2) is 7.77. The van der Waals surface area contributed by atoms with E-state index in [0.717, 1.165) is 18.5 Å². The molecule has 0 amide bonds. The van der Waals surface area contributed by atoms with Gasteiger partial charge in [-0.05, 0) is 53.7 Å². The maximum atomic E-state index is 14.5. The van der Waals surface area contributed by atoms with Crippen molar-refractivity contribution in [2.45, 2.75) is 51.5 Å². The minimum absolute atomic E-state index is 0.0841. The Morgan fingerprint density at radius 1 is 1.35 bits per heavy atom. The minimum Gasteiger partial charge on any atom is -0.310 e. The van der Waals surface area contributed by atoms with Crippen LogP contribution in [0.3, 0.4) is 0 Å². The van der Waals surface area contributed by atoms with Crippen LogP contribution in [0.15, 0.2) is 16.6 Å². The molecule has 1 saturated carbocycles. The van der Waals surface area contributed by atoms with E-state index in [1.54, 1.807) is 0 Å². The Balaban J connectivity index is 2.27. The lowest BCUT2D eigenvalue weighted by molar-refractivity contribution is 0.267. The van der Waals surface area contributed by atoms with Crippen LogP contribution in [0.25, 0.3) is 0 Å². The lowest BCUT2D eigenvalue weighted by Gasteiger charge is -2.32. The SMILES string of the molecule is CCCNC(c1ccc(Br)c(Cl)c1F)C1CCCCC1. The third-order valence-electron chi connectivity index (χ3n) is 4.14. The van der Waals surface area contributed by atoms with Gasteiger partial charge in [-0.3, -0.25) is 0 Å². The van der Waals surface area contributed by atoms with E-state index < -0.39 is 0 Å². The van der Waals surface area contributed by atoms with Crippen LogP contribution in [-0.4, -0.2) is 6.54 Å². The molecule has 0 bridgehead atoms. The summed E-state index contributed by atoms with van der Waals surface area (Å²) >= 11 is 9.34. The van der Waals surface area contributed by atoms with Gasteiger partial charge >= 0.3 is 0 Å². The Labute approximate surface area is 134 Å². The Bertz CT molecular complexity index is 446. The van der Waals surface area contributed by atoms with E-state index in [0.29, 0.717) is 10.4 Å². The molecule has 20 heavy (non-hydrogen) atoms. The van der Waals surface area contributed by atoms with E-state index >= 15 is 0 Å². The van der Waals surface area contributed by atoms with E-state index in [1.807, 2.05) is 12.1 Å². The van der Waals surface area contributed by atoms with Crippen molar-refractivity contribution in [3.63, 3.8) is 0 Å². The summed E-state index contributed by atoms with van der Waals surface area (Å²) in [6, 6.07) is 3.80. The molecule has 1 unspecified atom stereocenters. The molecule has 1 aliphatic carbocycles. The summed E-state index contributed by atoms with van der Waals surface area (Å²) in [6.45, 7) is 3.05. The monoisotopic (exact) mass is 361 g/mol. The first-order valence-electron chi connectivity index (χ1n) is 7.52. The molecule has 1 nitrogen and oxygen atoms in total. The first kappa shape index (κ1) is 16.3. The number of benzene rings is 1. The van der Waals surface area contributed by atoms with Gasteiger partial charge in [0.1, 0.15) is 5.82 Å². The highest BCUT2D eigenvalue weighted by atomic mass is 79.9. The summed E-state index contributed by atoms with van der Waals surface area (Å²) in [5, 5.41) is 3.72. The van der Waals surface area contributed by atoms with E-state index in [4.69, 9.17) is 11.6 Å². The summed E-state index contributed by atoms with van der Waals surface area (Å²) < 4.78 is 15.1. The predicted molar refractivity (Wildman–Crippen MR) is 86.7 cm³/mol. The van der Waals surface area contributed by atoms with E-state index in [-0.39, 0.29) is 16.9 Å². The zero-order valence-electron chi connectivity index (χ0n) is 11.9. The molecule has 0 heterocycles. The van der Waals surface area contributed by atoms with Gasteiger partial charge in [-0.1, -0.05) is 43.9 Å². The highest BCUT2D eigenvalue weighted by Gasteiger charge is 2.27. The van der Waals surface area contributed by atoms with Crippen molar-refractivity contribution in [3.05, 3.63) is 33.0 Å². The molecule has 0 aliphatic heterocycles. The number of halogens is 3. The lowest BCUT2D eigenvalue weighted by atomic mass is 9.81. The first-order chi connectivity index (χ1) is 9.65. The molecule has 112 valence electrons.